The molecule has 0 saturated carbocycles. The van der Waals surface area contributed by atoms with Crippen molar-refractivity contribution in [2.75, 3.05) is 26.2 Å². The second kappa shape index (κ2) is 6.84. The molecule has 1 atom stereocenters. The molecule has 1 heterocycles. The average molecular weight is 210 g/mol. The number of aliphatic hydroxyl groups is 1. The highest BCUT2D eigenvalue weighted by molar-refractivity contribution is 4.90. The highest BCUT2D eigenvalue weighted by Gasteiger charge is 2.17. The Kier molecular flexibility index (Phi) is 5.70. The molecular weight excluding hydrogens is 188 g/mol. The number of hydrogen-bond acceptors (Lipinski definition) is 3. The topological polar surface area (TPSA) is 35.5 Å². The summed E-state index contributed by atoms with van der Waals surface area (Å²) in [5, 5.41) is 12.6. The predicted octanol–water partition coefficient (Wildman–Crippen LogP) is 0.445. The van der Waals surface area contributed by atoms with Crippen LogP contribution in [0.5, 0.6) is 0 Å². The largest absolute Gasteiger partial charge is 0.393 e. The van der Waals surface area contributed by atoms with Crippen LogP contribution >= 0.6 is 0 Å². The maximum absolute atomic E-state index is 9.12. The van der Waals surface area contributed by atoms with Gasteiger partial charge in [-0.3, -0.25) is 4.90 Å². The Morgan fingerprint density at radius 1 is 1.53 bits per heavy atom. The van der Waals surface area contributed by atoms with Crippen LogP contribution in [0.25, 0.3) is 0 Å². The van der Waals surface area contributed by atoms with E-state index in [1.807, 2.05) is 6.92 Å². The van der Waals surface area contributed by atoms with Crippen molar-refractivity contribution < 1.29 is 5.11 Å². The number of hydrogen-bond donors (Lipinski definition) is 2. The lowest BCUT2D eigenvalue weighted by atomic mass is 10.0. The van der Waals surface area contributed by atoms with Crippen molar-refractivity contribution in [1.29, 1.82) is 0 Å². The number of rotatable bonds is 5. The molecule has 15 heavy (non-hydrogen) atoms. The highest BCUT2D eigenvalue weighted by Crippen LogP contribution is 2.09. The zero-order valence-electron chi connectivity index (χ0n) is 9.58. The van der Waals surface area contributed by atoms with Crippen LogP contribution in [0.2, 0.25) is 0 Å². The van der Waals surface area contributed by atoms with Gasteiger partial charge in [-0.1, -0.05) is 5.92 Å². The minimum atomic E-state index is -0.195. The van der Waals surface area contributed by atoms with E-state index in [9.17, 15) is 0 Å². The van der Waals surface area contributed by atoms with E-state index in [1.165, 1.54) is 12.8 Å². The maximum Gasteiger partial charge on any atom is 0.0598 e. The summed E-state index contributed by atoms with van der Waals surface area (Å²) in [7, 11) is 0. The average Bonchev–Trinajstić information content (AvgIpc) is 2.20. The summed E-state index contributed by atoms with van der Waals surface area (Å²) in [6, 6.07) is 0.609. The van der Waals surface area contributed by atoms with Crippen LogP contribution in [-0.2, 0) is 0 Å². The summed E-state index contributed by atoms with van der Waals surface area (Å²) in [5.41, 5.74) is 0. The van der Waals surface area contributed by atoms with Crippen LogP contribution in [0.4, 0.5) is 0 Å². The van der Waals surface area contributed by atoms with Crippen LogP contribution in [0, 0.1) is 12.3 Å². The number of nitrogens with zero attached hydrogens (tertiary/aromatic N) is 1. The predicted molar refractivity (Wildman–Crippen MR) is 62.6 cm³/mol. The van der Waals surface area contributed by atoms with Crippen LogP contribution < -0.4 is 5.32 Å². The van der Waals surface area contributed by atoms with E-state index in [2.05, 4.69) is 16.1 Å². The summed E-state index contributed by atoms with van der Waals surface area (Å²) in [6.07, 6.45) is 8.25. The Morgan fingerprint density at radius 3 is 2.73 bits per heavy atom. The van der Waals surface area contributed by atoms with Crippen molar-refractivity contribution in [3.63, 3.8) is 0 Å². The lowest BCUT2D eigenvalue weighted by Crippen LogP contribution is -2.43. The zero-order valence-corrected chi connectivity index (χ0v) is 9.58. The van der Waals surface area contributed by atoms with Crippen LogP contribution in [0.3, 0.4) is 0 Å². The first-order valence-electron chi connectivity index (χ1n) is 5.79. The second-order valence-electron chi connectivity index (χ2n) is 4.35. The van der Waals surface area contributed by atoms with E-state index < -0.39 is 0 Å². The maximum atomic E-state index is 9.12. The summed E-state index contributed by atoms with van der Waals surface area (Å²) in [4.78, 5) is 2.31. The summed E-state index contributed by atoms with van der Waals surface area (Å²) in [5.74, 6) is 2.68. The smallest absolute Gasteiger partial charge is 0.0598 e. The fourth-order valence-electron chi connectivity index (χ4n) is 1.92. The summed E-state index contributed by atoms with van der Waals surface area (Å²) < 4.78 is 0. The molecule has 1 aliphatic heterocycles. The van der Waals surface area contributed by atoms with Crippen molar-refractivity contribution in [2.45, 2.75) is 38.3 Å². The van der Waals surface area contributed by atoms with E-state index in [-0.39, 0.29) is 6.10 Å². The molecular formula is C12H22N2O. The summed E-state index contributed by atoms with van der Waals surface area (Å²) in [6.45, 7) is 5.71. The number of piperidine rings is 1. The van der Waals surface area contributed by atoms with Gasteiger partial charge in [-0.2, -0.15) is 0 Å². The monoisotopic (exact) mass is 210 g/mol. The molecule has 0 spiro atoms. The molecule has 0 aliphatic carbocycles. The Bertz CT molecular complexity index is 202. The van der Waals surface area contributed by atoms with Gasteiger partial charge >= 0.3 is 0 Å². The van der Waals surface area contributed by atoms with E-state index in [4.69, 9.17) is 11.5 Å². The minimum Gasteiger partial charge on any atom is -0.393 e. The first-order valence-corrected chi connectivity index (χ1v) is 5.79. The molecule has 0 bridgehead atoms. The molecule has 1 rings (SSSR count). The molecule has 1 fully saturated rings. The molecule has 0 aromatic carbocycles. The molecule has 1 saturated heterocycles. The van der Waals surface area contributed by atoms with Gasteiger partial charge in [0, 0.05) is 19.1 Å². The molecule has 0 aromatic heterocycles. The molecule has 86 valence electrons. The normalized spacial score (nSPS) is 21.1. The minimum absolute atomic E-state index is 0.195. The fourth-order valence-corrected chi connectivity index (χ4v) is 1.92. The van der Waals surface area contributed by atoms with Gasteiger partial charge in [-0.15, -0.1) is 6.42 Å². The SMILES string of the molecule is C#CCN1CCC(NCCC(C)O)CC1. The lowest BCUT2D eigenvalue weighted by molar-refractivity contribution is 0.175. The quantitative estimate of drug-likeness (QED) is 0.647. The van der Waals surface area contributed by atoms with E-state index >= 15 is 0 Å². The Labute approximate surface area is 92.9 Å². The van der Waals surface area contributed by atoms with Crippen molar-refractivity contribution in [3.8, 4) is 12.3 Å². The fraction of sp³-hybridized carbons (Fsp3) is 0.833. The number of likely N-dealkylation sites (tertiary alicyclic amines) is 1. The van der Waals surface area contributed by atoms with E-state index in [1.54, 1.807) is 0 Å². The van der Waals surface area contributed by atoms with Gasteiger partial charge in [0.25, 0.3) is 0 Å². The van der Waals surface area contributed by atoms with Gasteiger partial charge in [0.15, 0.2) is 0 Å². The Hall–Kier alpha value is -0.560. The first-order chi connectivity index (χ1) is 7.22. The number of terminal acetylenes is 1. The van der Waals surface area contributed by atoms with Gasteiger partial charge in [0.05, 0.1) is 12.6 Å². The van der Waals surface area contributed by atoms with Gasteiger partial charge in [-0.05, 0) is 32.7 Å². The number of nitrogens with one attached hydrogen (secondary N) is 1. The summed E-state index contributed by atoms with van der Waals surface area (Å²) >= 11 is 0. The third-order valence-corrected chi connectivity index (χ3v) is 2.90. The third-order valence-electron chi connectivity index (χ3n) is 2.90. The molecule has 3 heteroatoms. The van der Waals surface area contributed by atoms with Gasteiger partial charge in [0.1, 0.15) is 0 Å². The second-order valence-corrected chi connectivity index (χ2v) is 4.35. The van der Waals surface area contributed by atoms with Crippen molar-refractivity contribution in [1.82, 2.24) is 10.2 Å². The molecule has 0 amide bonds. The van der Waals surface area contributed by atoms with Crippen molar-refractivity contribution in [2.24, 2.45) is 0 Å². The molecule has 0 radical (unpaired) electrons. The van der Waals surface area contributed by atoms with E-state index in [0.29, 0.717) is 6.04 Å². The van der Waals surface area contributed by atoms with Gasteiger partial charge < -0.3 is 10.4 Å². The zero-order chi connectivity index (χ0) is 11.1. The number of aliphatic hydroxyl groups excluding tert-OH is 1. The lowest BCUT2D eigenvalue weighted by Gasteiger charge is -2.31. The van der Waals surface area contributed by atoms with Crippen molar-refractivity contribution in [3.05, 3.63) is 0 Å². The molecule has 1 aliphatic rings. The third kappa shape index (κ3) is 5.17. The first kappa shape index (κ1) is 12.5. The van der Waals surface area contributed by atoms with Gasteiger partial charge in [-0.25, -0.2) is 0 Å². The molecule has 1 unspecified atom stereocenters. The molecule has 2 N–H and O–H groups in total. The Morgan fingerprint density at radius 2 is 2.20 bits per heavy atom. The Balaban J connectivity index is 2.07. The van der Waals surface area contributed by atoms with Crippen LogP contribution in [0.1, 0.15) is 26.2 Å². The highest BCUT2D eigenvalue weighted by atomic mass is 16.3. The molecule has 0 aromatic rings. The molecule has 3 nitrogen and oxygen atoms in total. The standard InChI is InChI=1S/C12H22N2O/c1-3-8-14-9-5-12(6-10-14)13-7-4-11(2)15/h1,11-13,15H,4-10H2,2H3. The van der Waals surface area contributed by atoms with Crippen molar-refractivity contribution >= 4 is 0 Å². The van der Waals surface area contributed by atoms with E-state index in [0.717, 1.165) is 32.6 Å². The van der Waals surface area contributed by atoms with Crippen LogP contribution in [-0.4, -0.2) is 48.3 Å². The van der Waals surface area contributed by atoms with Crippen LogP contribution in [0.15, 0.2) is 0 Å². The van der Waals surface area contributed by atoms with Gasteiger partial charge in [0.2, 0.25) is 0 Å².